The van der Waals surface area contributed by atoms with E-state index in [2.05, 4.69) is 15.4 Å². The molecule has 0 aliphatic carbocycles. The van der Waals surface area contributed by atoms with E-state index in [1.807, 2.05) is 0 Å². The Balaban J connectivity index is 1.75. The molecule has 0 saturated carbocycles. The van der Waals surface area contributed by atoms with E-state index in [-0.39, 0.29) is 21.5 Å². The third-order valence-electron chi connectivity index (χ3n) is 2.88. The molecule has 23 heavy (non-hydrogen) atoms. The summed E-state index contributed by atoms with van der Waals surface area (Å²) in [4.78, 5) is 27.2. The van der Waals surface area contributed by atoms with E-state index >= 15 is 0 Å². The van der Waals surface area contributed by atoms with Crippen LogP contribution in [0.3, 0.4) is 0 Å². The Morgan fingerprint density at radius 1 is 1.22 bits per heavy atom. The van der Waals surface area contributed by atoms with Crippen molar-refractivity contribution in [1.82, 2.24) is 14.8 Å². The van der Waals surface area contributed by atoms with Gasteiger partial charge in [-0.15, -0.1) is 0 Å². The summed E-state index contributed by atoms with van der Waals surface area (Å²) in [6.07, 6.45) is 2.87. The van der Waals surface area contributed by atoms with Gasteiger partial charge in [0.15, 0.2) is 10.8 Å². The number of amides is 2. The van der Waals surface area contributed by atoms with E-state index in [1.165, 1.54) is 29.1 Å². The number of rotatable bonds is 4. The highest BCUT2D eigenvalue weighted by molar-refractivity contribution is 7.17. The summed E-state index contributed by atoms with van der Waals surface area (Å²) in [5.41, 5.74) is 5.90. The minimum Gasteiger partial charge on any atom is -0.365 e. The standard InChI is InChI=1S/C14H10FN5O2S/c15-8-1-3-9(4-2-8)20-6-5-10(19-20)13(22)18-14-17-7-11(23-14)12(16)21/h1-7H,(H2,16,21)(H,17,18,22). The molecule has 1 aromatic carbocycles. The average molecular weight is 331 g/mol. The average Bonchev–Trinajstić information content (AvgIpc) is 3.17. The number of nitrogens with one attached hydrogen (secondary N) is 1. The van der Waals surface area contributed by atoms with Crippen LogP contribution in [-0.4, -0.2) is 26.6 Å². The Hall–Kier alpha value is -3.07. The number of anilines is 1. The number of carbonyl (C=O) groups is 2. The van der Waals surface area contributed by atoms with Gasteiger partial charge in [-0.25, -0.2) is 14.1 Å². The van der Waals surface area contributed by atoms with Crippen LogP contribution in [0.25, 0.3) is 5.69 Å². The van der Waals surface area contributed by atoms with Gasteiger partial charge in [0.25, 0.3) is 11.8 Å². The summed E-state index contributed by atoms with van der Waals surface area (Å²) < 4.78 is 14.4. The summed E-state index contributed by atoms with van der Waals surface area (Å²) in [5.74, 6) is -1.44. The lowest BCUT2D eigenvalue weighted by atomic mass is 10.3. The van der Waals surface area contributed by atoms with Crippen molar-refractivity contribution in [2.75, 3.05) is 5.32 Å². The summed E-state index contributed by atoms with van der Waals surface area (Å²) in [5, 5.41) is 6.90. The van der Waals surface area contributed by atoms with E-state index < -0.39 is 11.8 Å². The molecule has 2 amide bonds. The SMILES string of the molecule is NC(=O)c1cnc(NC(=O)c2ccn(-c3ccc(F)cc3)n2)s1. The van der Waals surface area contributed by atoms with Crippen LogP contribution in [0.1, 0.15) is 20.2 Å². The monoisotopic (exact) mass is 331 g/mol. The second-order valence-corrected chi connectivity index (χ2v) is 5.50. The fraction of sp³-hybridized carbons (Fsp3) is 0. The zero-order valence-electron chi connectivity index (χ0n) is 11.6. The lowest BCUT2D eigenvalue weighted by molar-refractivity contribution is 0.1000. The van der Waals surface area contributed by atoms with Crippen LogP contribution >= 0.6 is 11.3 Å². The first kappa shape index (κ1) is 14.9. The zero-order chi connectivity index (χ0) is 16.4. The number of hydrogen-bond acceptors (Lipinski definition) is 5. The number of benzene rings is 1. The quantitative estimate of drug-likeness (QED) is 0.761. The Labute approximate surface area is 133 Å². The highest BCUT2D eigenvalue weighted by Crippen LogP contribution is 2.18. The number of aromatic nitrogens is 3. The van der Waals surface area contributed by atoms with Crippen LogP contribution in [0.5, 0.6) is 0 Å². The fourth-order valence-corrected chi connectivity index (χ4v) is 2.45. The third-order valence-corrected chi connectivity index (χ3v) is 3.81. The molecule has 3 N–H and O–H groups in total. The summed E-state index contributed by atoms with van der Waals surface area (Å²) in [7, 11) is 0. The fourth-order valence-electron chi connectivity index (χ4n) is 1.79. The van der Waals surface area contributed by atoms with E-state index in [0.717, 1.165) is 11.3 Å². The van der Waals surface area contributed by atoms with Gasteiger partial charge in [0, 0.05) is 6.20 Å². The highest BCUT2D eigenvalue weighted by Gasteiger charge is 2.14. The van der Waals surface area contributed by atoms with Crippen LogP contribution < -0.4 is 11.1 Å². The molecule has 0 spiro atoms. The maximum absolute atomic E-state index is 12.9. The highest BCUT2D eigenvalue weighted by atomic mass is 32.1. The van der Waals surface area contributed by atoms with Gasteiger partial charge < -0.3 is 5.73 Å². The zero-order valence-corrected chi connectivity index (χ0v) is 12.4. The molecule has 3 rings (SSSR count). The molecule has 3 aromatic rings. The van der Waals surface area contributed by atoms with E-state index in [1.54, 1.807) is 18.3 Å². The van der Waals surface area contributed by atoms with Crippen molar-refractivity contribution in [3.05, 3.63) is 59.1 Å². The minimum absolute atomic E-state index is 0.158. The Bertz CT molecular complexity index is 871. The molecule has 0 fully saturated rings. The molecule has 116 valence electrons. The molecule has 0 saturated heterocycles. The molecular formula is C14H10FN5O2S. The minimum atomic E-state index is -0.608. The second-order valence-electron chi connectivity index (χ2n) is 4.47. The van der Waals surface area contributed by atoms with Gasteiger partial charge in [-0.05, 0) is 30.3 Å². The predicted octanol–water partition coefficient (Wildman–Crippen LogP) is 1.82. The molecule has 0 bridgehead atoms. The maximum atomic E-state index is 12.9. The Morgan fingerprint density at radius 2 is 1.96 bits per heavy atom. The first-order chi connectivity index (χ1) is 11.0. The Morgan fingerprint density at radius 3 is 2.61 bits per heavy atom. The van der Waals surface area contributed by atoms with Crippen LogP contribution in [0.15, 0.2) is 42.7 Å². The van der Waals surface area contributed by atoms with Gasteiger partial charge in [0.1, 0.15) is 10.7 Å². The molecule has 0 aliphatic rings. The lowest BCUT2D eigenvalue weighted by Crippen LogP contribution is -2.13. The largest absolute Gasteiger partial charge is 0.365 e. The molecule has 0 radical (unpaired) electrons. The summed E-state index contributed by atoms with van der Waals surface area (Å²) in [6.45, 7) is 0. The van der Waals surface area contributed by atoms with E-state index in [0.29, 0.717) is 5.69 Å². The van der Waals surface area contributed by atoms with Gasteiger partial charge in [0.05, 0.1) is 11.9 Å². The first-order valence-corrected chi connectivity index (χ1v) is 7.23. The normalized spacial score (nSPS) is 10.5. The number of hydrogen-bond donors (Lipinski definition) is 2. The topological polar surface area (TPSA) is 103 Å². The third kappa shape index (κ3) is 3.24. The lowest BCUT2D eigenvalue weighted by Gasteiger charge is -2.01. The number of halogens is 1. The molecular weight excluding hydrogens is 321 g/mol. The number of nitrogens with zero attached hydrogens (tertiary/aromatic N) is 3. The van der Waals surface area contributed by atoms with E-state index in [4.69, 9.17) is 5.73 Å². The first-order valence-electron chi connectivity index (χ1n) is 6.41. The number of primary amides is 1. The van der Waals surface area contributed by atoms with Crippen LogP contribution in [0.2, 0.25) is 0 Å². The number of thiazole rings is 1. The van der Waals surface area contributed by atoms with Gasteiger partial charge in [-0.1, -0.05) is 11.3 Å². The van der Waals surface area contributed by atoms with Crippen molar-refractivity contribution in [3.63, 3.8) is 0 Å². The maximum Gasteiger partial charge on any atom is 0.277 e. The van der Waals surface area contributed by atoms with E-state index in [9.17, 15) is 14.0 Å². The summed E-state index contributed by atoms with van der Waals surface area (Å²) in [6, 6.07) is 7.21. The smallest absolute Gasteiger partial charge is 0.277 e. The molecule has 0 unspecified atom stereocenters. The van der Waals surface area contributed by atoms with Crippen molar-refractivity contribution >= 4 is 28.3 Å². The Kier molecular flexibility index (Phi) is 3.85. The van der Waals surface area contributed by atoms with Crippen molar-refractivity contribution in [3.8, 4) is 5.69 Å². The molecule has 7 nitrogen and oxygen atoms in total. The number of carbonyl (C=O) groups excluding carboxylic acids is 2. The van der Waals surface area contributed by atoms with Gasteiger partial charge in [0.2, 0.25) is 0 Å². The van der Waals surface area contributed by atoms with Gasteiger partial charge >= 0.3 is 0 Å². The second kappa shape index (κ2) is 5.97. The molecule has 0 atom stereocenters. The van der Waals surface area contributed by atoms with Crippen LogP contribution in [-0.2, 0) is 0 Å². The molecule has 0 aliphatic heterocycles. The van der Waals surface area contributed by atoms with Crippen molar-refractivity contribution < 1.29 is 14.0 Å². The van der Waals surface area contributed by atoms with Gasteiger partial charge in [-0.3, -0.25) is 14.9 Å². The van der Waals surface area contributed by atoms with Gasteiger partial charge in [-0.2, -0.15) is 5.10 Å². The molecule has 9 heteroatoms. The molecule has 2 aromatic heterocycles. The van der Waals surface area contributed by atoms with Crippen LogP contribution in [0, 0.1) is 5.82 Å². The number of nitrogens with two attached hydrogens (primary N) is 1. The molecule has 2 heterocycles. The summed E-state index contributed by atoms with van der Waals surface area (Å²) >= 11 is 0.975. The van der Waals surface area contributed by atoms with Crippen molar-refractivity contribution in [2.45, 2.75) is 0 Å². The predicted molar refractivity (Wildman–Crippen MR) is 82.1 cm³/mol. The van der Waals surface area contributed by atoms with Crippen LogP contribution in [0.4, 0.5) is 9.52 Å². The van der Waals surface area contributed by atoms with Crippen molar-refractivity contribution in [2.24, 2.45) is 5.73 Å². The van der Waals surface area contributed by atoms with Crippen molar-refractivity contribution in [1.29, 1.82) is 0 Å².